The summed E-state index contributed by atoms with van der Waals surface area (Å²) in [5.74, 6) is -0.201. The van der Waals surface area contributed by atoms with Crippen molar-refractivity contribution >= 4 is 23.7 Å². The highest BCUT2D eigenvalue weighted by molar-refractivity contribution is 5.92. The first-order valence-corrected chi connectivity index (χ1v) is 8.00. The van der Waals surface area contributed by atoms with Gasteiger partial charge < -0.3 is 25.1 Å². The predicted molar refractivity (Wildman–Crippen MR) is 84.6 cm³/mol. The van der Waals surface area contributed by atoms with Crippen LogP contribution in [0.5, 0.6) is 0 Å². The molecule has 1 aliphatic rings. The van der Waals surface area contributed by atoms with Crippen LogP contribution in [0.2, 0.25) is 0 Å². The number of carbonyl (C=O) groups is 4. The van der Waals surface area contributed by atoms with Gasteiger partial charge in [0.15, 0.2) is 0 Å². The summed E-state index contributed by atoms with van der Waals surface area (Å²) >= 11 is 0. The number of amides is 3. The number of piperazine rings is 1. The van der Waals surface area contributed by atoms with Crippen LogP contribution in [0.25, 0.3) is 0 Å². The van der Waals surface area contributed by atoms with Gasteiger partial charge in [-0.2, -0.15) is 0 Å². The van der Waals surface area contributed by atoms with E-state index < -0.39 is 0 Å². The van der Waals surface area contributed by atoms with Gasteiger partial charge in [-0.1, -0.05) is 0 Å². The van der Waals surface area contributed by atoms with Gasteiger partial charge in [0.1, 0.15) is 24.7 Å². The highest BCUT2D eigenvalue weighted by Crippen LogP contribution is 2.13. The SMILES string of the molecule is NC(=O)CCCCC(=O)OCc1ccc(CN2CC(=O)NCC2=O)o1. The molecule has 3 N–H and O–H groups in total. The number of furan rings is 1. The van der Waals surface area contributed by atoms with Gasteiger partial charge in [0.05, 0.1) is 13.1 Å². The number of nitrogens with one attached hydrogen (secondary N) is 1. The average Bonchev–Trinajstić information content (AvgIpc) is 3.00. The van der Waals surface area contributed by atoms with E-state index in [0.717, 1.165) is 0 Å². The van der Waals surface area contributed by atoms with Crippen LogP contribution in [0.4, 0.5) is 0 Å². The van der Waals surface area contributed by atoms with Crippen LogP contribution in [0, 0.1) is 0 Å². The molecule has 0 radical (unpaired) electrons. The number of hydrogen-bond acceptors (Lipinski definition) is 6. The maximum Gasteiger partial charge on any atom is 0.306 e. The summed E-state index contributed by atoms with van der Waals surface area (Å²) in [4.78, 5) is 46.6. The van der Waals surface area contributed by atoms with Crippen molar-refractivity contribution in [3.63, 3.8) is 0 Å². The van der Waals surface area contributed by atoms with E-state index >= 15 is 0 Å². The Kier molecular flexibility index (Phi) is 6.55. The monoisotopic (exact) mass is 351 g/mol. The van der Waals surface area contributed by atoms with E-state index in [1.807, 2.05) is 0 Å². The van der Waals surface area contributed by atoms with E-state index in [4.69, 9.17) is 14.9 Å². The lowest BCUT2D eigenvalue weighted by Gasteiger charge is -2.25. The molecule has 1 saturated heterocycles. The van der Waals surface area contributed by atoms with E-state index in [0.29, 0.717) is 24.4 Å². The molecule has 1 aromatic heterocycles. The number of primary amides is 1. The number of carbonyl (C=O) groups excluding carboxylic acids is 4. The molecule has 1 fully saturated rings. The highest BCUT2D eigenvalue weighted by atomic mass is 16.5. The largest absolute Gasteiger partial charge is 0.461 e. The van der Waals surface area contributed by atoms with Crippen molar-refractivity contribution in [3.05, 3.63) is 23.7 Å². The zero-order valence-electron chi connectivity index (χ0n) is 13.8. The lowest BCUT2D eigenvalue weighted by atomic mass is 10.2. The fraction of sp³-hybridized carbons (Fsp3) is 0.500. The molecule has 25 heavy (non-hydrogen) atoms. The Balaban J connectivity index is 1.72. The second-order valence-electron chi connectivity index (χ2n) is 5.73. The maximum absolute atomic E-state index is 11.7. The number of hydrogen-bond donors (Lipinski definition) is 2. The lowest BCUT2D eigenvalue weighted by molar-refractivity contribution is -0.145. The molecule has 0 spiro atoms. The number of unbranched alkanes of at least 4 members (excludes halogenated alkanes) is 1. The van der Waals surface area contributed by atoms with Crippen molar-refractivity contribution < 1.29 is 28.3 Å². The first-order valence-electron chi connectivity index (χ1n) is 8.00. The van der Waals surface area contributed by atoms with Crippen LogP contribution in [0.15, 0.2) is 16.5 Å². The number of nitrogens with two attached hydrogens (primary N) is 1. The van der Waals surface area contributed by atoms with Crippen LogP contribution in [-0.4, -0.2) is 41.7 Å². The Hall–Kier alpha value is -2.84. The van der Waals surface area contributed by atoms with Crippen molar-refractivity contribution in [2.75, 3.05) is 13.1 Å². The third-order valence-electron chi connectivity index (χ3n) is 3.62. The van der Waals surface area contributed by atoms with Crippen molar-refractivity contribution in [1.29, 1.82) is 0 Å². The maximum atomic E-state index is 11.7. The smallest absolute Gasteiger partial charge is 0.306 e. The molecule has 0 unspecified atom stereocenters. The highest BCUT2D eigenvalue weighted by Gasteiger charge is 2.24. The summed E-state index contributed by atoms with van der Waals surface area (Å²) in [5.41, 5.74) is 5.02. The number of ether oxygens (including phenoxy) is 1. The van der Waals surface area contributed by atoms with E-state index in [-0.39, 0.29) is 62.8 Å². The Labute approximate surface area is 144 Å². The van der Waals surface area contributed by atoms with Crippen molar-refractivity contribution in [3.8, 4) is 0 Å². The topological polar surface area (TPSA) is 132 Å². The fourth-order valence-electron chi connectivity index (χ4n) is 2.31. The van der Waals surface area contributed by atoms with Crippen molar-refractivity contribution in [2.45, 2.75) is 38.8 Å². The summed E-state index contributed by atoms with van der Waals surface area (Å²) in [6.07, 6.45) is 1.54. The fourth-order valence-corrected chi connectivity index (χ4v) is 2.31. The molecular weight excluding hydrogens is 330 g/mol. The minimum atomic E-state index is -0.388. The van der Waals surface area contributed by atoms with Gasteiger partial charge >= 0.3 is 5.97 Å². The van der Waals surface area contributed by atoms with Crippen molar-refractivity contribution in [2.24, 2.45) is 5.73 Å². The number of nitrogens with zero attached hydrogens (tertiary/aromatic N) is 1. The summed E-state index contributed by atoms with van der Waals surface area (Å²) in [6.45, 7) is 0.158. The van der Waals surface area contributed by atoms with Gasteiger partial charge in [-0.25, -0.2) is 0 Å². The molecule has 0 saturated carbocycles. The Morgan fingerprint density at radius 2 is 1.92 bits per heavy atom. The molecule has 0 bridgehead atoms. The van der Waals surface area contributed by atoms with E-state index in [1.165, 1.54) is 4.90 Å². The van der Waals surface area contributed by atoms with Crippen LogP contribution in [-0.2, 0) is 37.1 Å². The Morgan fingerprint density at radius 1 is 1.20 bits per heavy atom. The minimum Gasteiger partial charge on any atom is -0.461 e. The quantitative estimate of drug-likeness (QED) is 0.469. The normalized spacial score (nSPS) is 14.3. The van der Waals surface area contributed by atoms with Crippen LogP contribution >= 0.6 is 0 Å². The molecular formula is C16H21N3O6. The zero-order chi connectivity index (χ0) is 18.2. The van der Waals surface area contributed by atoms with Gasteiger partial charge in [-0.15, -0.1) is 0 Å². The Morgan fingerprint density at radius 3 is 2.68 bits per heavy atom. The molecule has 9 nitrogen and oxygen atoms in total. The molecule has 0 aromatic carbocycles. The number of rotatable bonds is 9. The third kappa shape index (κ3) is 6.28. The standard InChI is InChI=1S/C16H21N3O6/c17-13(20)3-1-2-4-16(23)24-10-12-6-5-11(25-12)8-19-9-14(21)18-7-15(19)22/h5-6H,1-4,7-10H2,(H2,17,20)(H,18,21). The summed E-state index contributed by atoms with van der Waals surface area (Å²) < 4.78 is 10.6. The van der Waals surface area contributed by atoms with Crippen LogP contribution in [0.1, 0.15) is 37.2 Å². The first kappa shape index (κ1) is 18.5. The molecule has 1 aromatic rings. The first-order chi connectivity index (χ1) is 11.9. The molecule has 3 amide bonds. The van der Waals surface area contributed by atoms with Crippen LogP contribution < -0.4 is 11.1 Å². The molecule has 0 aliphatic carbocycles. The van der Waals surface area contributed by atoms with E-state index in [9.17, 15) is 19.2 Å². The van der Waals surface area contributed by atoms with Gasteiger partial charge in [-0.3, -0.25) is 19.2 Å². The zero-order valence-corrected chi connectivity index (χ0v) is 13.8. The molecule has 2 heterocycles. The third-order valence-corrected chi connectivity index (χ3v) is 3.62. The second kappa shape index (κ2) is 8.86. The van der Waals surface area contributed by atoms with E-state index in [2.05, 4.69) is 5.32 Å². The predicted octanol–water partition coefficient (Wildman–Crippen LogP) is -0.173. The summed E-state index contributed by atoms with van der Waals surface area (Å²) in [5, 5.41) is 2.47. The second-order valence-corrected chi connectivity index (χ2v) is 5.73. The molecule has 2 rings (SSSR count). The molecule has 9 heteroatoms. The summed E-state index contributed by atoms with van der Waals surface area (Å²) in [7, 11) is 0. The van der Waals surface area contributed by atoms with Crippen LogP contribution in [0.3, 0.4) is 0 Å². The number of esters is 1. The molecule has 1 aliphatic heterocycles. The van der Waals surface area contributed by atoms with Gasteiger partial charge in [0, 0.05) is 12.8 Å². The lowest BCUT2D eigenvalue weighted by Crippen LogP contribution is -2.50. The van der Waals surface area contributed by atoms with Gasteiger partial charge in [0.25, 0.3) is 0 Å². The molecule has 136 valence electrons. The van der Waals surface area contributed by atoms with Gasteiger partial charge in [0.2, 0.25) is 17.7 Å². The van der Waals surface area contributed by atoms with E-state index in [1.54, 1.807) is 12.1 Å². The Bertz CT molecular complexity index is 654. The minimum absolute atomic E-state index is 0.00481. The molecule has 0 atom stereocenters. The average molecular weight is 351 g/mol. The summed E-state index contributed by atoms with van der Waals surface area (Å²) in [6, 6.07) is 3.33. The van der Waals surface area contributed by atoms with Gasteiger partial charge in [-0.05, 0) is 25.0 Å². The van der Waals surface area contributed by atoms with Crippen molar-refractivity contribution in [1.82, 2.24) is 10.2 Å².